The van der Waals surface area contributed by atoms with E-state index in [9.17, 15) is 9.50 Å². The zero-order valence-electron chi connectivity index (χ0n) is 10.4. The van der Waals surface area contributed by atoms with E-state index in [4.69, 9.17) is 0 Å². The molecule has 2 rings (SSSR count). The zero-order valence-corrected chi connectivity index (χ0v) is 10.4. The highest BCUT2D eigenvalue weighted by Gasteiger charge is 2.11. The minimum Gasteiger partial charge on any atom is -0.392 e. The van der Waals surface area contributed by atoms with Crippen molar-refractivity contribution >= 4 is 11.5 Å². The topological polar surface area (TPSA) is 36.4 Å². The van der Waals surface area contributed by atoms with Gasteiger partial charge in [0, 0.05) is 18.3 Å². The van der Waals surface area contributed by atoms with Crippen molar-refractivity contribution in [1.82, 2.24) is 4.98 Å². The van der Waals surface area contributed by atoms with Crippen LogP contribution in [0.4, 0.5) is 15.9 Å². The molecule has 2 aromatic rings. The number of rotatable bonds is 3. The molecule has 4 heteroatoms. The third kappa shape index (κ3) is 2.49. The van der Waals surface area contributed by atoms with Gasteiger partial charge in [-0.3, -0.25) is 0 Å². The number of nitrogens with zero attached hydrogens (tertiary/aromatic N) is 2. The van der Waals surface area contributed by atoms with Crippen molar-refractivity contribution < 1.29 is 9.50 Å². The predicted molar refractivity (Wildman–Crippen MR) is 69.4 cm³/mol. The van der Waals surface area contributed by atoms with Crippen molar-refractivity contribution in [2.24, 2.45) is 0 Å². The molecule has 0 aliphatic heterocycles. The Morgan fingerprint density at radius 1 is 1.28 bits per heavy atom. The lowest BCUT2D eigenvalue weighted by molar-refractivity contribution is 0.281. The van der Waals surface area contributed by atoms with E-state index < -0.39 is 5.82 Å². The quantitative estimate of drug-likeness (QED) is 0.904. The van der Waals surface area contributed by atoms with Crippen LogP contribution >= 0.6 is 0 Å². The number of anilines is 2. The number of pyridine rings is 1. The van der Waals surface area contributed by atoms with Gasteiger partial charge >= 0.3 is 0 Å². The molecule has 0 spiro atoms. The van der Waals surface area contributed by atoms with Crippen LogP contribution in [0.15, 0.2) is 36.5 Å². The van der Waals surface area contributed by atoms with Crippen molar-refractivity contribution in [2.45, 2.75) is 13.5 Å². The summed E-state index contributed by atoms with van der Waals surface area (Å²) in [7, 11) is 1.84. The number of halogens is 1. The van der Waals surface area contributed by atoms with Crippen LogP contribution in [0.2, 0.25) is 0 Å². The smallest absolute Gasteiger partial charge is 0.142 e. The van der Waals surface area contributed by atoms with E-state index in [0.29, 0.717) is 11.4 Å². The zero-order chi connectivity index (χ0) is 13.1. The minimum absolute atomic E-state index is 0.240. The van der Waals surface area contributed by atoms with Gasteiger partial charge in [-0.15, -0.1) is 0 Å². The monoisotopic (exact) mass is 246 g/mol. The molecule has 0 aliphatic rings. The van der Waals surface area contributed by atoms with Crippen LogP contribution in [0, 0.1) is 12.7 Å². The van der Waals surface area contributed by atoms with Crippen LogP contribution in [-0.2, 0) is 6.61 Å². The molecule has 0 saturated carbocycles. The van der Waals surface area contributed by atoms with Gasteiger partial charge in [0.1, 0.15) is 11.6 Å². The van der Waals surface area contributed by atoms with Crippen molar-refractivity contribution in [2.75, 3.05) is 11.9 Å². The summed E-state index contributed by atoms with van der Waals surface area (Å²) in [5, 5.41) is 9.25. The van der Waals surface area contributed by atoms with Gasteiger partial charge in [-0.25, -0.2) is 9.37 Å². The SMILES string of the molecule is Cc1ccc(N(C)c2ncc(F)cc2CO)cc1. The van der Waals surface area contributed by atoms with Gasteiger partial charge in [-0.2, -0.15) is 0 Å². The molecule has 0 saturated heterocycles. The second-order valence-corrected chi connectivity index (χ2v) is 4.19. The molecule has 0 atom stereocenters. The highest BCUT2D eigenvalue weighted by Crippen LogP contribution is 2.25. The Hall–Kier alpha value is -1.94. The van der Waals surface area contributed by atoms with Crippen LogP contribution < -0.4 is 4.90 Å². The first-order valence-corrected chi connectivity index (χ1v) is 5.67. The van der Waals surface area contributed by atoms with E-state index >= 15 is 0 Å². The van der Waals surface area contributed by atoms with Crippen molar-refractivity contribution in [3.05, 3.63) is 53.5 Å². The van der Waals surface area contributed by atoms with Crippen molar-refractivity contribution in [3.8, 4) is 0 Å². The van der Waals surface area contributed by atoms with Crippen LogP contribution in [0.3, 0.4) is 0 Å². The first-order valence-electron chi connectivity index (χ1n) is 5.67. The van der Waals surface area contributed by atoms with Gasteiger partial charge < -0.3 is 10.0 Å². The number of aliphatic hydroxyl groups excluding tert-OH is 1. The Balaban J connectivity index is 2.39. The maximum Gasteiger partial charge on any atom is 0.142 e. The summed E-state index contributed by atoms with van der Waals surface area (Å²) in [5.74, 6) is 0.114. The van der Waals surface area contributed by atoms with Gasteiger partial charge in [0.15, 0.2) is 0 Å². The highest BCUT2D eigenvalue weighted by atomic mass is 19.1. The molecular formula is C14H15FN2O. The van der Waals surface area contributed by atoms with Crippen LogP contribution in [-0.4, -0.2) is 17.1 Å². The minimum atomic E-state index is -0.444. The number of hydrogen-bond acceptors (Lipinski definition) is 3. The average molecular weight is 246 g/mol. The van der Waals surface area contributed by atoms with Crippen LogP contribution in [0.25, 0.3) is 0 Å². The molecule has 1 N–H and O–H groups in total. The number of aromatic nitrogens is 1. The van der Waals surface area contributed by atoms with E-state index in [2.05, 4.69) is 4.98 Å². The van der Waals surface area contributed by atoms with E-state index in [-0.39, 0.29) is 6.61 Å². The summed E-state index contributed by atoms with van der Waals surface area (Å²) in [4.78, 5) is 5.86. The summed E-state index contributed by atoms with van der Waals surface area (Å²) in [5.41, 5.74) is 2.58. The number of aliphatic hydroxyl groups is 1. The van der Waals surface area contributed by atoms with Gasteiger partial charge in [0.25, 0.3) is 0 Å². The second kappa shape index (κ2) is 5.14. The van der Waals surface area contributed by atoms with Gasteiger partial charge in [0.05, 0.1) is 12.8 Å². The highest BCUT2D eigenvalue weighted by molar-refractivity contribution is 5.62. The number of hydrogen-bond donors (Lipinski definition) is 1. The Bertz CT molecular complexity index is 540. The molecule has 0 unspecified atom stereocenters. The Morgan fingerprint density at radius 2 is 1.94 bits per heavy atom. The molecule has 94 valence electrons. The maximum atomic E-state index is 13.1. The third-order valence-electron chi connectivity index (χ3n) is 2.82. The fourth-order valence-electron chi connectivity index (χ4n) is 1.78. The standard InChI is InChI=1S/C14H15FN2O/c1-10-3-5-13(6-4-10)17(2)14-11(9-18)7-12(15)8-16-14/h3-8,18H,9H2,1-2H3. The van der Waals surface area contributed by atoms with Crippen molar-refractivity contribution in [3.63, 3.8) is 0 Å². The van der Waals surface area contributed by atoms with E-state index in [1.807, 2.05) is 43.1 Å². The average Bonchev–Trinajstić information content (AvgIpc) is 2.38. The largest absolute Gasteiger partial charge is 0.392 e. The molecule has 0 radical (unpaired) electrons. The Morgan fingerprint density at radius 3 is 2.56 bits per heavy atom. The lowest BCUT2D eigenvalue weighted by atomic mass is 10.2. The summed E-state index contributed by atoms with van der Waals surface area (Å²) in [6.45, 7) is 1.77. The molecule has 18 heavy (non-hydrogen) atoms. The molecule has 1 aromatic heterocycles. The maximum absolute atomic E-state index is 13.1. The Kier molecular flexibility index (Phi) is 3.58. The van der Waals surface area contributed by atoms with E-state index in [1.54, 1.807) is 0 Å². The van der Waals surface area contributed by atoms with Crippen LogP contribution in [0.1, 0.15) is 11.1 Å². The fraction of sp³-hybridized carbons (Fsp3) is 0.214. The van der Waals surface area contributed by atoms with Gasteiger partial charge in [-0.05, 0) is 25.1 Å². The third-order valence-corrected chi connectivity index (χ3v) is 2.82. The Labute approximate surface area is 106 Å². The summed E-state index contributed by atoms with van der Waals surface area (Å²) >= 11 is 0. The lowest BCUT2D eigenvalue weighted by Crippen LogP contribution is -2.14. The summed E-state index contributed by atoms with van der Waals surface area (Å²) < 4.78 is 13.1. The molecule has 1 heterocycles. The number of benzene rings is 1. The first kappa shape index (κ1) is 12.5. The molecule has 0 aliphatic carbocycles. The fourth-order valence-corrected chi connectivity index (χ4v) is 1.78. The lowest BCUT2D eigenvalue weighted by Gasteiger charge is -2.20. The van der Waals surface area contributed by atoms with E-state index in [0.717, 1.165) is 11.9 Å². The summed E-state index contributed by atoms with van der Waals surface area (Å²) in [6, 6.07) is 9.21. The molecule has 3 nitrogen and oxygen atoms in total. The molecule has 0 bridgehead atoms. The van der Waals surface area contributed by atoms with Gasteiger partial charge in [0.2, 0.25) is 0 Å². The normalized spacial score (nSPS) is 10.4. The first-order chi connectivity index (χ1) is 8.61. The second-order valence-electron chi connectivity index (χ2n) is 4.19. The van der Waals surface area contributed by atoms with Crippen LogP contribution in [0.5, 0.6) is 0 Å². The molecular weight excluding hydrogens is 231 g/mol. The molecule has 1 aromatic carbocycles. The molecule has 0 fully saturated rings. The predicted octanol–water partition coefficient (Wildman–Crippen LogP) is 2.79. The summed E-state index contributed by atoms with van der Waals surface area (Å²) in [6.07, 6.45) is 1.15. The molecule has 0 amide bonds. The van der Waals surface area contributed by atoms with Gasteiger partial charge in [-0.1, -0.05) is 17.7 Å². The van der Waals surface area contributed by atoms with E-state index in [1.165, 1.54) is 11.6 Å². The number of aryl methyl sites for hydroxylation is 1. The van der Waals surface area contributed by atoms with Crippen molar-refractivity contribution in [1.29, 1.82) is 0 Å².